The van der Waals surface area contributed by atoms with Crippen LogP contribution in [0.15, 0.2) is 59.5 Å². The van der Waals surface area contributed by atoms with Gasteiger partial charge in [0, 0.05) is 10.5 Å². The Bertz CT molecular complexity index is 551. The molecular weight excluding hydrogens is 232 g/mol. The predicted molar refractivity (Wildman–Crippen MR) is 66.9 cm³/mol. The number of hydrogen-bond donors (Lipinski definition) is 0. The molecule has 0 N–H and O–H groups in total. The number of benzene rings is 2. The van der Waals surface area contributed by atoms with E-state index in [4.69, 9.17) is 4.74 Å². The molecule has 1 heterocycles. The van der Waals surface area contributed by atoms with E-state index in [2.05, 4.69) is 0 Å². The first-order valence-electron chi connectivity index (χ1n) is 5.36. The van der Waals surface area contributed by atoms with Crippen LogP contribution in [-0.4, -0.2) is 5.97 Å². The van der Waals surface area contributed by atoms with Gasteiger partial charge in [-0.3, -0.25) is 0 Å². The number of rotatable bonds is 1. The standard InChI is InChI=1S/C14H10O2S/c15-13-11-8-4-5-9-12(11)17-14(16-13)10-6-2-1-3-7-10/h1-9,14H/t14-/m1/s1. The van der Waals surface area contributed by atoms with Gasteiger partial charge in [-0.1, -0.05) is 54.2 Å². The van der Waals surface area contributed by atoms with E-state index in [1.165, 1.54) is 0 Å². The minimum atomic E-state index is -0.242. The maximum absolute atomic E-state index is 11.8. The van der Waals surface area contributed by atoms with Crippen LogP contribution in [0, 0.1) is 0 Å². The number of carbonyl (C=O) groups excluding carboxylic acids is 1. The maximum Gasteiger partial charge on any atom is 0.340 e. The molecule has 17 heavy (non-hydrogen) atoms. The Morgan fingerprint density at radius 3 is 2.47 bits per heavy atom. The summed E-state index contributed by atoms with van der Waals surface area (Å²) in [7, 11) is 0. The minimum absolute atomic E-state index is 0.237. The van der Waals surface area contributed by atoms with Gasteiger partial charge in [-0.05, 0) is 12.1 Å². The number of cyclic esters (lactones) is 1. The summed E-state index contributed by atoms with van der Waals surface area (Å²) in [6, 6.07) is 17.3. The zero-order valence-corrected chi connectivity index (χ0v) is 9.81. The highest BCUT2D eigenvalue weighted by atomic mass is 32.2. The normalized spacial score (nSPS) is 18.4. The summed E-state index contributed by atoms with van der Waals surface area (Å²) in [6.07, 6.45) is 0. The van der Waals surface area contributed by atoms with E-state index >= 15 is 0 Å². The maximum atomic E-state index is 11.8. The first-order chi connectivity index (χ1) is 8.34. The number of fused-ring (bicyclic) bond motifs is 1. The number of carbonyl (C=O) groups is 1. The van der Waals surface area contributed by atoms with Gasteiger partial charge in [0.05, 0.1) is 5.56 Å². The van der Waals surface area contributed by atoms with Gasteiger partial charge in [0.2, 0.25) is 0 Å². The second kappa shape index (κ2) is 4.26. The van der Waals surface area contributed by atoms with Crippen molar-refractivity contribution in [2.24, 2.45) is 0 Å². The van der Waals surface area contributed by atoms with E-state index in [0.717, 1.165) is 10.5 Å². The molecule has 0 saturated heterocycles. The van der Waals surface area contributed by atoms with Gasteiger partial charge >= 0.3 is 5.97 Å². The lowest BCUT2D eigenvalue weighted by molar-refractivity contribution is 0.0440. The second-order valence-corrected chi connectivity index (χ2v) is 4.87. The summed E-state index contributed by atoms with van der Waals surface area (Å²) in [6.45, 7) is 0. The van der Waals surface area contributed by atoms with Gasteiger partial charge in [0.25, 0.3) is 0 Å². The fourth-order valence-corrected chi connectivity index (χ4v) is 2.88. The lowest BCUT2D eigenvalue weighted by atomic mass is 10.2. The third kappa shape index (κ3) is 1.94. The summed E-state index contributed by atoms with van der Waals surface area (Å²) in [5.41, 5.74) is 1.43. The molecule has 0 radical (unpaired) electrons. The zero-order chi connectivity index (χ0) is 11.7. The molecule has 2 aromatic carbocycles. The molecule has 2 nitrogen and oxygen atoms in total. The van der Waals surface area contributed by atoms with E-state index in [9.17, 15) is 4.79 Å². The van der Waals surface area contributed by atoms with Crippen LogP contribution in [0.2, 0.25) is 0 Å². The Morgan fingerprint density at radius 2 is 1.65 bits per heavy atom. The highest BCUT2D eigenvalue weighted by Crippen LogP contribution is 2.42. The van der Waals surface area contributed by atoms with Crippen LogP contribution in [0.5, 0.6) is 0 Å². The molecule has 0 bridgehead atoms. The molecule has 2 aromatic rings. The Labute approximate surface area is 104 Å². The summed E-state index contributed by atoms with van der Waals surface area (Å²) in [5.74, 6) is -0.242. The van der Waals surface area contributed by atoms with Crippen LogP contribution in [0.25, 0.3) is 0 Å². The summed E-state index contributed by atoms with van der Waals surface area (Å²) < 4.78 is 5.42. The number of esters is 1. The van der Waals surface area contributed by atoms with Crippen LogP contribution >= 0.6 is 11.8 Å². The van der Waals surface area contributed by atoms with Gasteiger partial charge in [0.15, 0.2) is 5.44 Å². The number of hydrogen-bond acceptors (Lipinski definition) is 3. The fraction of sp³-hybridized carbons (Fsp3) is 0.0714. The Morgan fingerprint density at radius 1 is 0.941 bits per heavy atom. The molecule has 3 heteroatoms. The van der Waals surface area contributed by atoms with Crippen LogP contribution in [0.1, 0.15) is 21.4 Å². The van der Waals surface area contributed by atoms with E-state index in [1.54, 1.807) is 17.8 Å². The van der Waals surface area contributed by atoms with Crippen molar-refractivity contribution in [1.82, 2.24) is 0 Å². The average molecular weight is 242 g/mol. The lowest BCUT2D eigenvalue weighted by Crippen LogP contribution is -2.15. The van der Waals surface area contributed by atoms with Gasteiger partial charge in [-0.25, -0.2) is 4.79 Å². The summed E-state index contributed by atoms with van der Waals surface area (Å²) >= 11 is 1.57. The quantitative estimate of drug-likeness (QED) is 0.714. The molecule has 0 spiro atoms. The first kappa shape index (κ1) is 10.4. The SMILES string of the molecule is O=C1O[C@@H](c2ccccc2)Sc2ccccc21. The van der Waals surface area contributed by atoms with Crippen molar-refractivity contribution in [2.45, 2.75) is 10.3 Å². The van der Waals surface area contributed by atoms with E-state index < -0.39 is 0 Å². The van der Waals surface area contributed by atoms with Crippen molar-refractivity contribution in [3.8, 4) is 0 Å². The molecule has 1 aliphatic heterocycles. The third-order valence-corrected chi connectivity index (χ3v) is 3.82. The molecule has 1 aliphatic rings. The second-order valence-electron chi connectivity index (χ2n) is 3.76. The minimum Gasteiger partial charge on any atom is -0.442 e. The zero-order valence-electron chi connectivity index (χ0n) is 9.00. The molecule has 84 valence electrons. The van der Waals surface area contributed by atoms with E-state index in [1.807, 2.05) is 48.5 Å². The summed E-state index contributed by atoms with van der Waals surface area (Å²) in [4.78, 5) is 12.8. The molecule has 0 amide bonds. The van der Waals surface area contributed by atoms with Crippen molar-refractivity contribution in [3.63, 3.8) is 0 Å². The lowest BCUT2D eigenvalue weighted by Gasteiger charge is -2.23. The molecule has 1 atom stereocenters. The predicted octanol–water partition coefficient (Wildman–Crippen LogP) is 3.65. The van der Waals surface area contributed by atoms with Crippen molar-refractivity contribution in [3.05, 3.63) is 65.7 Å². The van der Waals surface area contributed by atoms with E-state index in [0.29, 0.717) is 5.56 Å². The largest absolute Gasteiger partial charge is 0.442 e. The Hall–Kier alpha value is -1.74. The Balaban J connectivity index is 1.97. The van der Waals surface area contributed by atoms with Crippen molar-refractivity contribution in [2.75, 3.05) is 0 Å². The highest BCUT2D eigenvalue weighted by molar-refractivity contribution is 7.99. The third-order valence-electron chi connectivity index (χ3n) is 2.63. The highest BCUT2D eigenvalue weighted by Gasteiger charge is 2.27. The monoisotopic (exact) mass is 242 g/mol. The van der Waals surface area contributed by atoms with E-state index in [-0.39, 0.29) is 11.4 Å². The van der Waals surface area contributed by atoms with Crippen LogP contribution in [0.4, 0.5) is 0 Å². The molecule has 0 aromatic heterocycles. The van der Waals surface area contributed by atoms with Crippen LogP contribution in [0.3, 0.4) is 0 Å². The smallest absolute Gasteiger partial charge is 0.340 e. The molecule has 0 saturated carbocycles. The molecule has 0 fully saturated rings. The Kier molecular flexibility index (Phi) is 2.61. The van der Waals surface area contributed by atoms with Crippen LogP contribution in [-0.2, 0) is 4.74 Å². The molecule has 3 rings (SSSR count). The number of thioether (sulfide) groups is 1. The van der Waals surface area contributed by atoms with Crippen molar-refractivity contribution >= 4 is 17.7 Å². The van der Waals surface area contributed by atoms with Gasteiger partial charge in [-0.15, -0.1) is 0 Å². The summed E-state index contributed by atoms with van der Waals surface area (Å²) in [5, 5.41) is 0. The first-order valence-corrected chi connectivity index (χ1v) is 6.24. The van der Waals surface area contributed by atoms with Gasteiger partial charge in [0.1, 0.15) is 0 Å². The van der Waals surface area contributed by atoms with Gasteiger partial charge < -0.3 is 4.74 Å². The average Bonchev–Trinajstić information content (AvgIpc) is 2.40. The van der Waals surface area contributed by atoms with Crippen molar-refractivity contribution in [1.29, 1.82) is 0 Å². The molecular formula is C14H10O2S. The fourth-order valence-electron chi connectivity index (χ4n) is 1.78. The topological polar surface area (TPSA) is 26.3 Å². The molecule has 0 unspecified atom stereocenters. The molecule has 0 aliphatic carbocycles. The number of ether oxygens (including phenoxy) is 1. The van der Waals surface area contributed by atoms with Crippen LogP contribution < -0.4 is 0 Å². The van der Waals surface area contributed by atoms with Gasteiger partial charge in [-0.2, -0.15) is 0 Å². The van der Waals surface area contributed by atoms with Crippen molar-refractivity contribution < 1.29 is 9.53 Å².